The lowest BCUT2D eigenvalue weighted by Crippen LogP contribution is -2.30. The van der Waals surface area contributed by atoms with Crippen LogP contribution in [-0.2, 0) is 6.42 Å². The average Bonchev–Trinajstić information content (AvgIpc) is 2.88. The first kappa shape index (κ1) is 11.4. The van der Waals surface area contributed by atoms with Crippen LogP contribution in [0.25, 0.3) is 0 Å². The third kappa shape index (κ3) is 2.97. The van der Waals surface area contributed by atoms with Gasteiger partial charge in [0, 0.05) is 23.4 Å². The minimum absolute atomic E-state index is 0.407. The summed E-state index contributed by atoms with van der Waals surface area (Å²) in [5.41, 5.74) is 0. The van der Waals surface area contributed by atoms with Crippen molar-refractivity contribution in [2.75, 3.05) is 0 Å². The van der Waals surface area contributed by atoms with Gasteiger partial charge in [-0.05, 0) is 37.4 Å². The predicted octanol–water partition coefficient (Wildman–Crippen LogP) is 3.62. The van der Waals surface area contributed by atoms with Crippen LogP contribution < -0.4 is 5.32 Å². The van der Waals surface area contributed by atoms with Crippen LogP contribution in [0.15, 0.2) is 40.3 Å². The fraction of sp³-hybridized carbons (Fsp3) is 0.385. The van der Waals surface area contributed by atoms with Crippen LogP contribution in [0.4, 0.5) is 0 Å². The molecule has 0 saturated carbocycles. The summed E-state index contributed by atoms with van der Waals surface area (Å²) < 4.78 is 5.34. The molecule has 0 aliphatic heterocycles. The quantitative estimate of drug-likeness (QED) is 0.856. The van der Waals surface area contributed by atoms with Crippen LogP contribution in [0.2, 0.25) is 0 Å². The van der Waals surface area contributed by atoms with Gasteiger partial charge in [0.1, 0.15) is 5.76 Å². The highest BCUT2D eigenvalue weighted by molar-refractivity contribution is 7.10. The van der Waals surface area contributed by atoms with Crippen LogP contribution in [-0.4, -0.2) is 6.04 Å². The third-order valence-corrected chi connectivity index (χ3v) is 3.65. The highest BCUT2D eigenvalue weighted by atomic mass is 32.1. The van der Waals surface area contributed by atoms with Crippen LogP contribution in [0.1, 0.15) is 30.5 Å². The van der Waals surface area contributed by atoms with Crippen molar-refractivity contribution >= 4 is 11.3 Å². The summed E-state index contributed by atoms with van der Waals surface area (Å²) >= 11 is 1.80. The summed E-state index contributed by atoms with van der Waals surface area (Å²) in [6, 6.07) is 9.05. The van der Waals surface area contributed by atoms with Crippen molar-refractivity contribution < 1.29 is 4.42 Å². The zero-order chi connectivity index (χ0) is 11.4. The number of hydrogen-bond acceptors (Lipinski definition) is 3. The van der Waals surface area contributed by atoms with E-state index in [2.05, 4.69) is 36.7 Å². The molecule has 0 fully saturated rings. The molecule has 0 bridgehead atoms. The van der Waals surface area contributed by atoms with Crippen molar-refractivity contribution in [2.45, 2.75) is 32.4 Å². The molecule has 0 amide bonds. The lowest BCUT2D eigenvalue weighted by molar-refractivity contribution is 0.431. The van der Waals surface area contributed by atoms with Crippen molar-refractivity contribution in [1.82, 2.24) is 5.32 Å². The SMILES string of the molecule is CC(Cc1ccco1)NC(C)c1cccs1. The van der Waals surface area contributed by atoms with E-state index in [0.717, 1.165) is 12.2 Å². The zero-order valence-corrected chi connectivity index (χ0v) is 10.5. The smallest absolute Gasteiger partial charge is 0.105 e. The molecule has 16 heavy (non-hydrogen) atoms. The molecule has 0 aliphatic rings. The Morgan fingerprint density at radius 1 is 1.31 bits per heavy atom. The van der Waals surface area contributed by atoms with E-state index in [4.69, 9.17) is 4.42 Å². The summed E-state index contributed by atoms with van der Waals surface area (Å²) in [5, 5.41) is 5.69. The maximum Gasteiger partial charge on any atom is 0.105 e. The van der Waals surface area contributed by atoms with E-state index < -0.39 is 0 Å². The average molecular weight is 235 g/mol. The molecule has 0 aromatic carbocycles. The van der Waals surface area contributed by atoms with Crippen LogP contribution in [0.5, 0.6) is 0 Å². The van der Waals surface area contributed by atoms with Gasteiger partial charge in [-0.15, -0.1) is 11.3 Å². The fourth-order valence-corrected chi connectivity index (χ4v) is 2.58. The van der Waals surface area contributed by atoms with Gasteiger partial charge in [-0.3, -0.25) is 0 Å². The Bertz CT molecular complexity index is 394. The number of nitrogens with one attached hydrogen (secondary N) is 1. The molecule has 2 aromatic rings. The van der Waals surface area contributed by atoms with Crippen LogP contribution in [0, 0.1) is 0 Å². The highest BCUT2D eigenvalue weighted by Gasteiger charge is 2.11. The van der Waals surface area contributed by atoms with Gasteiger partial charge in [0.15, 0.2) is 0 Å². The van der Waals surface area contributed by atoms with Crippen LogP contribution in [0.3, 0.4) is 0 Å². The second-order valence-electron chi connectivity index (χ2n) is 4.09. The van der Waals surface area contributed by atoms with Gasteiger partial charge in [0.05, 0.1) is 6.26 Å². The molecule has 2 nitrogen and oxygen atoms in total. The van der Waals surface area contributed by atoms with Gasteiger partial charge >= 0.3 is 0 Å². The first-order valence-electron chi connectivity index (χ1n) is 5.57. The lowest BCUT2D eigenvalue weighted by Gasteiger charge is -2.18. The van der Waals surface area contributed by atoms with Crippen molar-refractivity contribution in [2.24, 2.45) is 0 Å². The molecular weight excluding hydrogens is 218 g/mol. The second kappa shape index (κ2) is 5.32. The van der Waals surface area contributed by atoms with Gasteiger partial charge in [0.2, 0.25) is 0 Å². The minimum Gasteiger partial charge on any atom is -0.469 e. The summed E-state index contributed by atoms with van der Waals surface area (Å²) in [6.45, 7) is 4.39. The van der Waals surface area contributed by atoms with Crippen molar-refractivity contribution in [3.63, 3.8) is 0 Å². The summed E-state index contributed by atoms with van der Waals surface area (Å²) in [5.74, 6) is 1.04. The monoisotopic (exact) mass is 235 g/mol. The Kier molecular flexibility index (Phi) is 3.80. The molecule has 2 heterocycles. The molecule has 1 N–H and O–H groups in total. The number of thiophene rings is 1. The molecule has 2 atom stereocenters. The van der Waals surface area contributed by atoms with Gasteiger partial charge in [-0.2, -0.15) is 0 Å². The predicted molar refractivity (Wildman–Crippen MR) is 67.7 cm³/mol. The Balaban J connectivity index is 1.85. The van der Waals surface area contributed by atoms with E-state index in [-0.39, 0.29) is 0 Å². The van der Waals surface area contributed by atoms with Crippen molar-refractivity contribution in [3.8, 4) is 0 Å². The zero-order valence-electron chi connectivity index (χ0n) is 9.64. The van der Waals surface area contributed by atoms with Gasteiger partial charge in [-0.25, -0.2) is 0 Å². The van der Waals surface area contributed by atoms with E-state index in [0.29, 0.717) is 12.1 Å². The van der Waals surface area contributed by atoms with E-state index in [9.17, 15) is 0 Å². The Morgan fingerprint density at radius 3 is 2.81 bits per heavy atom. The molecule has 0 spiro atoms. The standard InChI is InChI=1S/C13H17NOS/c1-10(9-12-5-3-7-15-12)14-11(2)13-6-4-8-16-13/h3-8,10-11,14H,9H2,1-2H3. The first-order chi connectivity index (χ1) is 7.75. The molecule has 0 saturated heterocycles. The highest BCUT2D eigenvalue weighted by Crippen LogP contribution is 2.19. The van der Waals surface area contributed by atoms with Crippen molar-refractivity contribution in [1.29, 1.82) is 0 Å². The number of furan rings is 1. The first-order valence-corrected chi connectivity index (χ1v) is 6.45. The molecule has 0 aliphatic carbocycles. The number of hydrogen-bond donors (Lipinski definition) is 1. The topological polar surface area (TPSA) is 25.2 Å². The normalized spacial score (nSPS) is 14.9. The molecule has 0 radical (unpaired) electrons. The molecule has 86 valence electrons. The number of rotatable bonds is 5. The Hall–Kier alpha value is -1.06. The third-order valence-electron chi connectivity index (χ3n) is 2.59. The largest absolute Gasteiger partial charge is 0.469 e. The summed E-state index contributed by atoms with van der Waals surface area (Å²) in [7, 11) is 0. The van der Waals surface area contributed by atoms with E-state index >= 15 is 0 Å². The Labute approximate surface area is 100 Å². The summed E-state index contributed by atoms with van der Waals surface area (Å²) in [4.78, 5) is 1.38. The summed E-state index contributed by atoms with van der Waals surface area (Å²) in [6.07, 6.45) is 2.66. The van der Waals surface area contributed by atoms with E-state index in [1.807, 2.05) is 12.1 Å². The van der Waals surface area contributed by atoms with Gasteiger partial charge < -0.3 is 9.73 Å². The maximum absolute atomic E-state index is 5.34. The van der Waals surface area contributed by atoms with Gasteiger partial charge in [0.25, 0.3) is 0 Å². The molecule has 3 heteroatoms. The molecular formula is C13H17NOS. The van der Waals surface area contributed by atoms with Crippen molar-refractivity contribution in [3.05, 3.63) is 46.5 Å². The molecule has 2 unspecified atom stereocenters. The maximum atomic E-state index is 5.34. The van der Waals surface area contributed by atoms with E-state index in [1.54, 1.807) is 17.6 Å². The van der Waals surface area contributed by atoms with Crippen LogP contribution >= 0.6 is 11.3 Å². The molecule has 2 rings (SSSR count). The van der Waals surface area contributed by atoms with E-state index in [1.165, 1.54) is 4.88 Å². The lowest BCUT2D eigenvalue weighted by atomic mass is 10.1. The minimum atomic E-state index is 0.407. The molecule has 2 aromatic heterocycles. The van der Waals surface area contributed by atoms with Gasteiger partial charge in [-0.1, -0.05) is 6.07 Å². The second-order valence-corrected chi connectivity index (χ2v) is 5.07. The Morgan fingerprint density at radius 2 is 2.19 bits per heavy atom. The fourth-order valence-electron chi connectivity index (χ4n) is 1.84.